The molecule has 0 unspecified atom stereocenters. The van der Waals surface area contributed by atoms with Crippen LogP contribution in [0.5, 0.6) is 5.75 Å². The van der Waals surface area contributed by atoms with Gasteiger partial charge in [0.25, 0.3) is 0 Å². The van der Waals surface area contributed by atoms with E-state index in [1.165, 1.54) is 25.3 Å². The molecule has 5 rings (SSSR count). The number of sulfonamides is 1. The minimum absolute atomic E-state index is 0.141. The predicted octanol–water partition coefficient (Wildman–Crippen LogP) is 7.32. The van der Waals surface area contributed by atoms with E-state index in [1.807, 2.05) is 0 Å². The number of ether oxygens (including phenoxy) is 2. The van der Waals surface area contributed by atoms with Crippen molar-refractivity contribution < 1.29 is 27.2 Å². The van der Waals surface area contributed by atoms with Crippen LogP contribution in [0.25, 0.3) is 11.3 Å². The summed E-state index contributed by atoms with van der Waals surface area (Å²) in [6.07, 6.45) is 3.02. The molecule has 1 aliphatic rings. The van der Waals surface area contributed by atoms with Crippen molar-refractivity contribution in [2.24, 2.45) is 0 Å². The molecule has 4 aromatic rings. The highest BCUT2D eigenvalue weighted by Gasteiger charge is 2.33. The van der Waals surface area contributed by atoms with Crippen molar-refractivity contribution in [2.75, 3.05) is 18.1 Å². The van der Waals surface area contributed by atoms with Crippen molar-refractivity contribution in [3.05, 3.63) is 97.7 Å². The van der Waals surface area contributed by atoms with E-state index in [-0.39, 0.29) is 23.8 Å². The maximum absolute atomic E-state index is 12.1. The van der Waals surface area contributed by atoms with Gasteiger partial charge in [0, 0.05) is 28.7 Å². The van der Waals surface area contributed by atoms with Crippen LogP contribution >= 0.6 is 34.8 Å². The van der Waals surface area contributed by atoms with Crippen molar-refractivity contribution in [1.82, 2.24) is 5.16 Å². The smallest absolute Gasteiger partial charge is 0.337 e. The zero-order valence-corrected chi connectivity index (χ0v) is 25.4. The summed E-state index contributed by atoms with van der Waals surface area (Å²) >= 11 is 19.4. The fourth-order valence-electron chi connectivity index (χ4n) is 4.24. The summed E-state index contributed by atoms with van der Waals surface area (Å²) in [6.45, 7) is 0.157. The van der Waals surface area contributed by atoms with Gasteiger partial charge in [0.15, 0.2) is 0 Å². The van der Waals surface area contributed by atoms with Gasteiger partial charge in [0.05, 0.1) is 45.2 Å². The summed E-state index contributed by atoms with van der Waals surface area (Å²) in [6, 6.07) is 14.7. The Kier molecular flexibility index (Phi) is 8.71. The third kappa shape index (κ3) is 7.02. The molecule has 1 saturated carbocycles. The highest BCUT2D eigenvalue weighted by Crippen LogP contribution is 2.46. The lowest BCUT2D eigenvalue weighted by Gasteiger charge is -2.10. The molecule has 0 atom stereocenters. The van der Waals surface area contributed by atoms with Gasteiger partial charge in [-0.25, -0.2) is 13.2 Å². The number of halogens is 3. The van der Waals surface area contributed by atoms with Crippen LogP contribution in [0.1, 0.15) is 51.6 Å². The Hall–Kier alpha value is -3.68. The van der Waals surface area contributed by atoms with Crippen molar-refractivity contribution >= 4 is 56.5 Å². The van der Waals surface area contributed by atoms with Crippen LogP contribution in [0.4, 0.5) is 5.69 Å². The SMILES string of the molecule is COC(=O)c1cc(C#Cc2ccc(OCc3c(-c4c(Cl)cccc4Cl)noc3C3CC3)cc2Cl)cc(NS(C)(=O)=O)c1. The van der Waals surface area contributed by atoms with Gasteiger partial charge < -0.3 is 14.0 Å². The number of aromatic nitrogens is 1. The molecule has 0 saturated heterocycles. The van der Waals surface area contributed by atoms with E-state index in [0.717, 1.165) is 30.4 Å². The highest BCUT2D eigenvalue weighted by molar-refractivity contribution is 7.92. The molecule has 1 heterocycles. The number of nitrogens with one attached hydrogen (secondary N) is 1. The van der Waals surface area contributed by atoms with Gasteiger partial charge >= 0.3 is 5.97 Å². The fraction of sp³-hybridized carbons (Fsp3) is 0.200. The molecular formula is C30H23Cl3N2O6S. The second kappa shape index (κ2) is 12.3. The molecule has 1 aromatic heterocycles. The predicted molar refractivity (Wildman–Crippen MR) is 162 cm³/mol. The number of esters is 1. The van der Waals surface area contributed by atoms with E-state index in [1.54, 1.807) is 36.4 Å². The minimum atomic E-state index is -3.58. The van der Waals surface area contributed by atoms with Gasteiger partial charge in [-0.2, -0.15) is 0 Å². The van der Waals surface area contributed by atoms with Gasteiger partial charge in [0.2, 0.25) is 10.0 Å². The fourth-order valence-corrected chi connectivity index (χ4v) is 5.58. The molecule has 0 amide bonds. The number of benzene rings is 3. The zero-order chi connectivity index (χ0) is 30.0. The standard InChI is InChI=1S/C30H23Cl3N2O6S/c1-39-30(36)20-12-17(13-21(14-20)35-42(2,37)38)6-7-18-10-11-22(15-26(18)33)40-16-23-28(34-41-29(23)19-8-9-19)27-24(31)4-3-5-25(27)32/h3-5,10-15,19,35H,8-9,16H2,1-2H3. The van der Waals surface area contributed by atoms with Crippen LogP contribution in [0, 0.1) is 11.8 Å². The lowest BCUT2D eigenvalue weighted by Crippen LogP contribution is -2.11. The van der Waals surface area contributed by atoms with E-state index in [0.29, 0.717) is 43.2 Å². The second-order valence-electron chi connectivity index (χ2n) is 9.59. The number of nitrogens with zero attached hydrogens (tertiary/aromatic N) is 1. The maximum Gasteiger partial charge on any atom is 0.337 e. The number of hydrogen-bond donors (Lipinski definition) is 1. The number of hydrogen-bond acceptors (Lipinski definition) is 7. The van der Waals surface area contributed by atoms with Crippen LogP contribution in [0.2, 0.25) is 15.1 Å². The molecule has 1 N–H and O–H groups in total. The molecule has 0 aliphatic heterocycles. The average molecular weight is 646 g/mol. The molecule has 1 fully saturated rings. The summed E-state index contributed by atoms with van der Waals surface area (Å²) in [4.78, 5) is 12.1. The summed E-state index contributed by atoms with van der Waals surface area (Å²) in [7, 11) is -2.35. The third-order valence-electron chi connectivity index (χ3n) is 6.29. The number of methoxy groups -OCH3 is 1. The van der Waals surface area contributed by atoms with Gasteiger partial charge in [-0.15, -0.1) is 0 Å². The topological polar surface area (TPSA) is 108 Å². The molecular weight excluding hydrogens is 623 g/mol. The summed E-state index contributed by atoms with van der Waals surface area (Å²) in [5, 5.41) is 5.53. The Balaban J connectivity index is 1.38. The van der Waals surface area contributed by atoms with Crippen molar-refractivity contribution in [2.45, 2.75) is 25.4 Å². The molecule has 3 aromatic carbocycles. The average Bonchev–Trinajstić information content (AvgIpc) is 3.69. The Bertz CT molecular complexity index is 1840. The number of carbonyl (C=O) groups excluding carboxylic acids is 1. The van der Waals surface area contributed by atoms with Gasteiger partial charge in [-0.1, -0.05) is 57.9 Å². The van der Waals surface area contributed by atoms with Crippen LogP contribution in [-0.2, 0) is 21.4 Å². The zero-order valence-electron chi connectivity index (χ0n) is 22.3. The van der Waals surface area contributed by atoms with E-state index < -0.39 is 16.0 Å². The highest BCUT2D eigenvalue weighted by atomic mass is 35.5. The minimum Gasteiger partial charge on any atom is -0.489 e. The Labute approximate surface area is 257 Å². The quantitative estimate of drug-likeness (QED) is 0.158. The molecule has 8 nitrogen and oxygen atoms in total. The molecule has 0 spiro atoms. The molecule has 0 bridgehead atoms. The first kappa shape index (κ1) is 29.8. The molecule has 216 valence electrons. The van der Waals surface area contributed by atoms with Crippen LogP contribution in [0.15, 0.2) is 59.1 Å². The van der Waals surface area contributed by atoms with Gasteiger partial charge in [-0.3, -0.25) is 4.72 Å². The van der Waals surface area contributed by atoms with Crippen molar-refractivity contribution in [1.29, 1.82) is 0 Å². The summed E-state index contributed by atoms with van der Waals surface area (Å²) in [5.74, 6) is 6.77. The van der Waals surface area contributed by atoms with Crippen LogP contribution in [0.3, 0.4) is 0 Å². The van der Waals surface area contributed by atoms with E-state index in [4.69, 9.17) is 48.8 Å². The molecule has 0 radical (unpaired) electrons. The van der Waals surface area contributed by atoms with E-state index in [2.05, 4.69) is 21.7 Å². The first-order chi connectivity index (χ1) is 20.0. The Morgan fingerprint density at radius 1 is 1.05 bits per heavy atom. The number of anilines is 1. The maximum atomic E-state index is 12.1. The molecule has 12 heteroatoms. The van der Waals surface area contributed by atoms with Crippen LogP contribution in [-0.4, -0.2) is 32.9 Å². The number of carbonyl (C=O) groups is 1. The molecule has 1 aliphatic carbocycles. The summed E-state index contributed by atoms with van der Waals surface area (Å²) in [5.41, 5.74) is 3.10. The second-order valence-corrected chi connectivity index (χ2v) is 12.6. The van der Waals surface area contributed by atoms with Gasteiger partial charge in [-0.05, 0) is 55.3 Å². The lowest BCUT2D eigenvalue weighted by atomic mass is 10.0. The first-order valence-electron chi connectivity index (χ1n) is 12.6. The van der Waals surface area contributed by atoms with Crippen molar-refractivity contribution in [3.63, 3.8) is 0 Å². The largest absolute Gasteiger partial charge is 0.489 e. The Morgan fingerprint density at radius 3 is 2.43 bits per heavy atom. The van der Waals surface area contributed by atoms with Crippen molar-refractivity contribution in [3.8, 4) is 28.8 Å². The third-order valence-corrected chi connectivity index (χ3v) is 7.84. The van der Waals surface area contributed by atoms with E-state index >= 15 is 0 Å². The summed E-state index contributed by atoms with van der Waals surface area (Å²) < 4.78 is 42.3. The lowest BCUT2D eigenvalue weighted by molar-refractivity contribution is 0.0600. The first-order valence-corrected chi connectivity index (χ1v) is 15.6. The normalized spacial score (nSPS) is 12.8. The van der Waals surface area contributed by atoms with Crippen LogP contribution < -0.4 is 9.46 Å². The van der Waals surface area contributed by atoms with Gasteiger partial charge in [0.1, 0.15) is 23.8 Å². The molecule has 42 heavy (non-hydrogen) atoms. The monoisotopic (exact) mass is 644 g/mol. The number of rotatable bonds is 8. The Morgan fingerprint density at radius 2 is 1.79 bits per heavy atom. The van der Waals surface area contributed by atoms with E-state index in [9.17, 15) is 13.2 Å².